The highest BCUT2D eigenvalue weighted by Gasteiger charge is 2.19. The van der Waals surface area contributed by atoms with Crippen LogP contribution < -0.4 is 4.68 Å². The Morgan fingerprint density at radius 3 is 2.33 bits per heavy atom. The summed E-state index contributed by atoms with van der Waals surface area (Å²) in [5.74, 6) is 0. The monoisotopic (exact) mass is 349 g/mol. The minimum absolute atomic E-state index is 1.04. The molecule has 27 heavy (non-hydrogen) atoms. The van der Waals surface area contributed by atoms with Gasteiger partial charge in [0.15, 0.2) is 7.05 Å². The minimum Gasteiger partial charge on any atom is -0.0865 e. The first kappa shape index (κ1) is 16.0. The summed E-state index contributed by atoms with van der Waals surface area (Å²) < 4.78 is 1.94. The highest BCUT2D eigenvalue weighted by atomic mass is 15.2. The van der Waals surface area contributed by atoms with E-state index in [0.29, 0.717) is 0 Å². The molecule has 0 saturated heterocycles. The normalized spacial score (nSPS) is 11.9. The predicted molar refractivity (Wildman–Crippen MR) is 109 cm³/mol. The number of aromatic nitrogens is 2. The van der Waals surface area contributed by atoms with Crippen LogP contribution in [0.3, 0.4) is 0 Å². The molecule has 0 unspecified atom stereocenters. The molecule has 0 spiro atoms. The van der Waals surface area contributed by atoms with Crippen molar-refractivity contribution in [2.24, 2.45) is 7.05 Å². The topological polar surface area (TPSA) is 16.8 Å². The summed E-state index contributed by atoms with van der Waals surface area (Å²) >= 11 is 0. The maximum Gasteiger partial charge on any atom is 0.239 e. The van der Waals surface area contributed by atoms with Crippen molar-refractivity contribution in [3.05, 3.63) is 95.7 Å². The molecule has 0 bridgehead atoms. The molecule has 2 nitrogen and oxygen atoms in total. The highest BCUT2D eigenvalue weighted by molar-refractivity contribution is 5.82. The lowest BCUT2D eigenvalue weighted by Gasteiger charge is -2.09. The third-order valence-electron chi connectivity index (χ3n) is 5.57. The van der Waals surface area contributed by atoms with Gasteiger partial charge in [-0.05, 0) is 75.6 Å². The largest absolute Gasteiger partial charge is 0.239 e. The molecule has 1 heterocycles. The zero-order valence-corrected chi connectivity index (χ0v) is 15.6. The summed E-state index contributed by atoms with van der Waals surface area (Å²) in [5, 5.41) is 4.39. The third kappa shape index (κ3) is 2.65. The van der Waals surface area contributed by atoms with Crippen LogP contribution >= 0.6 is 0 Å². The Morgan fingerprint density at radius 1 is 0.741 bits per heavy atom. The van der Waals surface area contributed by atoms with E-state index in [1.54, 1.807) is 0 Å². The van der Waals surface area contributed by atoms with Gasteiger partial charge in [-0.15, -0.1) is 0 Å². The van der Waals surface area contributed by atoms with Gasteiger partial charge in [0.05, 0.1) is 11.8 Å². The average molecular weight is 349 g/mol. The number of benzene rings is 3. The lowest BCUT2D eigenvalue weighted by molar-refractivity contribution is -0.720. The second-order valence-electron chi connectivity index (χ2n) is 7.27. The number of aryl methyl sites for hydroxylation is 2. The van der Waals surface area contributed by atoms with Crippen LogP contribution in [0.25, 0.3) is 33.5 Å². The number of hydrogen-bond acceptors (Lipinski definition) is 1. The Bertz CT molecular complexity index is 1170. The summed E-state index contributed by atoms with van der Waals surface area (Å²) in [6, 6.07) is 26.5. The van der Waals surface area contributed by atoms with E-state index >= 15 is 0 Å². The van der Waals surface area contributed by atoms with Crippen LogP contribution in [0.4, 0.5) is 0 Å². The summed E-state index contributed by atoms with van der Waals surface area (Å²) in [4.78, 5) is 0. The van der Waals surface area contributed by atoms with Crippen LogP contribution in [0, 0.1) is 6.92 Å². The Balaban J connectivity index is 1.63. The number of nitrogens with zero attached hydrogens (tertiary/aromatic N) is 2. The van der Waals surface area contributed by atoms with Crippen molar-refractivity contribution >= 4 is 0 Å². The molecule has 1 aliphatic rings. The van der Waals surface area contributed by atoms with Crippen LogP contribution in [0.5, 0.6) is 0 Å². The van der Waals surface area contributed by atoms with Crippen molar-refractivity contribution in [3.8, 4) is 33.5 Å². The van der Waals surface area contributed by atoms with E-state index in [2.05, 4.69) is 78.8 Å². The zero-order valence-electron chi connectivity index (χ0n) is 15.6. The summed E-state index contributed by atoms with van der Waals surface area (Å²) in [6.45, 7) is 2.16. The smallest absolute Gasteiger partial charge is 0.0865 e. The van der Waals surface area contributed by atoms with Gasteiger partial charge in [0, 0.05) is 6.07 Å². The van der Waals surface area contributed by atoms with E-state index in [-0.39, 0.29) is 0 Å². The molecule has 0 N–H and O–H groups in total. The standard InChI is InChI=1S/C25H21N2/c1-17-9-10-18(15-23(17)25-8-5-13-26-27(25)2)19-11-12-21-14-20-6-3-4-7-22(20)24(21)16-19/h3-13,15-16H,14H2,1-2H3/q+1. The van der Waals surface area contributed by atoms with Crippen molar-refractivity contribution in [3.63, 3.8) is 0 Å². The summed E-state index contributed by atoms with van der Waals surface area (Å²) in [5.41, 5.74) is 11.7. The molecule has 4 aromatic rings. The molecule has 0 radical (unpaired) electrons. The molecular weight excluding hydrogens is 328 g/mol. The SMILES string of the molecule is Cc1ccc(-c2ccc3c(c2)-c2ccccc2C3)cc1-c1cccn[n+]1C. The lowest BCUT2D eigenvalue weighted by atomic mass is 9.95. The first-order valence-corrected chi connectivity index (χ1v) is 9.34. The molecule has 3 aromatic carbocycles. The van der Waals surface area contributed by atoms with Gasteiger partial charge < -0.3 is 0 Å². The van der Waals surface area contributed by atoms with Gasteiger partial charge in [0.2, 0.25) is 5.69 Å². The lowest BCUT2D eigenvalue weighted by Crippen LogP contribution is -2.35. The van der Waals surface area contributed by atoms with Crippen molar-refractivity contribution in [2.75, 3.05) is 0 Å². The van der Waals surface area contributed by atoms with E-state index in [1.165, 1.54) is 44.5 Å². The van der Waals surface area contributed by atoms with Crippen LogP contribution in [0.15, 0.2) is 79.0 Å². The molecule has 0 saturated carbocycles. The second kappa shape index (κ2) is 6.17. The van der Waals surface area contributed by atoms with E-state index < -0.39 is 0 Å². The molecule has 0 atom stereocenters. The van der Waals surface area contributed by atoms with Crippen LogP contribution in [0.2, 0.25) is 0 Å². The number of rotatable bonds is 2. The number of fused-ring (bicyclic) bond motifs is 3. The van der Waals surface area contributed by atoms with Crippen LogP contribution in [-0.2, 0) is 13.5 Å². The quantitative estimate of drug-likeness (QED) is 0.404. The Hall–Kier alpha value is -3.26. The maximum absolute atomic E-state index is 4.39. The van der Waals surface area contributed by atoms with Gasteiger partial charge in [0.1, 0.15) is 0 Å². The van der Waals surface area contributed by atoms with Crippen molar-refractivity contribution < 1.29 is 4.68 Å². The van der Waals surface area contributed by atoms with Crippen molar-refractivity contribution in [2.45, 2.75) is 13.3 Å². The molecule has 0 fully saturated rings. The molecule has 2 heteroatoms. The van der Waals surface area contributed by atoms with Gasteiger partial charge in [0.25, 0.3) is 0 Å². The molecule has 0 amide bonds. The van der Waals surface area contributed by atoms with E-state index in [0.717, 1.165) is 12.1 Å². The molecule has 1 aliphatic carbocycles. The van der Waals surface area contributed by atoms with Crippen LogP contribution in [-0.4, -0.2) is 5.10 Å². The summed E-state index contributed by atoms with van der Waals surface area (Å²) in [7, 11) is 1.99. The fourth-order valence-electron chi connectivity index (χ4n) is 4.09. The molecule has 5 rings (SSSR count). The first-order chi connectivity index (χ1) is 13.2. The van der Waals surface area contributed by atoms with Crippen molar-refractivity contribution in [1.29, 1.82) is 0 Å². The van der Waals surface area contributed by atoms with E-state index in [9.17, 15) is 0 Å². The van der Waals surface area contributed by atoms with Gasteiger partial charge in [-0.1, -0.05) is 53.2 Å². The van der Waals surface area contributed by atoms with E-state index in [4.69, 9.17) is 0 Å². The molecular formula is C25H21N2+. The predicted octanol–water partition coefficient (Wildman–Crippen LogP) is 5.12. The third-order valence-corrected chi connectivity index (χ3v) is 5.57. The Labute approximate surface area is 159 Å². The highest BCUT2D eigenvalue weighted by Crippen LogP contribution is 2.39. The van der Waals surface area contributed by atoms with Gasteiger partial charge in [-0.3, -0.25) is 0 Å². The van der Waals surface area contributed by atoms with Gasteiger partial charge >= 0.3 is 0 Å². The fourth-order valence-corrected chi connectivity index (χ4v) is 4.09. The summed E-state index contributed by atoms with van der Waals surface area (Å²) in [6.07, 6.45) is 2.86. The average Bonchev–Trinajstić information content (AvgIpc) is 3.07. The molecule has 1 aromatic heterocycles. The minimum atomic E-state index is 1.04. The van der Waals surface area contributed by atoms with Gasteiger partial charge in [-0.25, -0.2) is 0 Å². The maximum atomic E-state index is 4.39. The molecule has 0 aliphatic heterocycles. The Kier molecular flexibility index (Phi) is 3.64. The second-order valence-corrected chi connectivity index (χ2v) is 7.27. The molecule has 130 valence electrons. The number of hydrogen-bond donors (Lipinski definition) is 0. The Morgan fingerprint density at radius 2 is 1.48 bits per heavy atom. The fraction of sp³-hybridized carbons (Fsp3) is 0.120. The first-order valence-electron chi connectivity index (χ1n) is 9.34. The van der Waals surface area contributed by atoms with Crippen molar-refractivity contribution in [1.82, 2.24) is 5.10 Å². The van der Waals surface area contributed by atoms with Crippen LogP contribution in [0.1, 0.15) is 16.7 Å². The van der Waals surface area contributed by atoms with Gasteiger partial charge in [-0.2, -0.15) is 0 Å². The van der Waals surface area contributed by atoms with E-state index in [1.807, 2.05) is 24.0 Å². The zero-order chi connectivity index (χ0) is 18.4.